The van der Waals surface area contributed by atoms with E-state index in [-0.39, 0.29) is 0 Å². The van der Waals surface area contributed by atoms with E-state index < -0.39 is 0 Å². The molecule has 4 heteroatoms. The van der Waals surface area contributed by atoms with Crippen LogP contribution in [-0.4, -0.2) is 40.1 Å². The lowest BCUT2D eigenvalue weighted by molar-refractivity contribution is 0.309. The number of aryl methyl sites for hydroxylation is 1. The molecule has 0 radical (unpaired) electrons. The summed E-state index contributed by atoms with van der Waals surface area (Å²) in [7, 11) is 2.22. The van der Waals surface area contributed by atoms with Crippen LogP contribution in [0.4, 0.5) is 5.95 Å². The summed E-state index contributed by atoms with van der Waals surface area (Å²) in [5.74, 6) is 1.00. The van der Waals surface area contributed by atoms with Gasteiger partial charge in [-0.05, 0) is 40.7 Å². The Labute approximate surface area is 104 Å². The van der Waals surface area contributed by atoms with Crippen LogP contribution < -0.4 is 5.32 Å². The van der Waals surface area contributed by atoms with Crippen molar-refractivity contribution >= 4 is 5.95 Å². The highest BCUT2D eigenvalue weighted by atomic mass is 15.2. The number of hydrogen-bond donors (Lipinski definition) is 1. The molecule has 0 aromatic carbocycles. The molecule has 1 heterocycles. The molecule has 1 aromatic heterocycles. The molecule has 17 heavy (non-hydrogen) atoms. The molecule has 1 aliphatic carbocycles. The molecule has 0 amide bonds. The van der Waals surface area contributed by atoms with Crippen molar-refractivity contribution in [2.75, 3.05) is 18.9 Å². The van der Waals surface area contributed by atoms with Crippen LogP contribution >= 0.6 is 0 Å². The first kappa shape index (κ1) is 12.4. The largest absolute Gasteiger partial charge is 0.353 e. The topological polar surface area (TPSA) is 33.1 Å². The van der Waals surface area contributed by atoms with E-state index in [4.69, 9.17) is 0 Å². The number of imidazole rings is 1. The predicted molar refractivity (Wildman–Crippen MR) is 71.4 cm³/mol. The minimum atomic E-state index is 0.428. The van der Waals surface area contributed by atoms with Crippen molar-refractivity contribution in [3.05, 3.63) is 11.9 Å². The standard InChI is InChI=1S/C13H24N4/c1-10(2)14-13-15-11(3)9-17(13)8-7-16(4)12-5-6-12/h9-10,12H,5-8H2,1-4H3,(H,14,15). The molecule has 0 saturated heterocycles. The molecule has 0 bridgehead atoms. The van der Waals surface area contributed by atoms with E-state index in [0.717, 1.165) is 30.8 Å². The molecule has 1 N–H and O–H groups in total. The summed E-state index contributed by atoms with van der Waals surface area (Å²) in [5, 5.41) is 3.40. The lowest BCUT2D eigenvalue weighted by Crippen LogP contribution is -2.26. The molecule has 0 spiro atoms. The predicted octanol–water partition coefficient (Wildman–Crippen LogP) is 2.11. The van der Waals surface area contributed by atoms with E-state index in [1.165, 1.54) is 12.8 Å². The number of aromatic nitrogens is 2. The fourth-order valence-electron chi connectivity index (χ4n) is 2.05. The maximum absolute atomic E-state index is 4.52. The molecule has 2 rings (SSSR count). The third kappa shape index (κ3) is 3.46. The van der Waals surface area contributed by atoms with E-state index in [0.29, 0.717) is 6.04 Å². The molecule has 0 aliphatic heterocycles. The van der Waals surface area contributed by atoms with Crippen molar-refractivity contribution in [2.24, 2.45) is 0 Å². The van der Waals surface area contributed by atoms with Gasteiger partial charge in [-0.1, -0.05) is 0 Å². The van der Waals surface area contributed by atoms with Crippen molar-refractivity contribution in [1.82, 2.24) is 14.5 Å². The first-order valence-electron chi connectivity index (χ1n) is 6.57. The van der Waals surface area contributed by atoms with Crippen LogP contribution in [0.3, 0.4) is 0 Å². The number of rotatable bonds is 6. The van der Waals surface area contributed by atoms with Gasteiger partial charge in [0.05, 0.1) is 5.69 Å². The molecule has 0 atom stereocenters. The first-order valence-corrected chi connectivity index (χ1v) is 6.57. The Kier molecular flexibility index (Phi) is 3.72. The van der Waals surface area contributed by atoms with Gasteiger partial charge < -0.3 is 14.8 Å². The molecular formula is C13H24N4. The van der Waals surface area contributed by atoms with Crippen LogP contribution in [0.5, 0.6) is 0 Å². The fraction of sp³-hybridized carbons (Fsp3) is 0.769. The van der Waals surface area contributed by atoms with Crippen LogP contribution in [0.25, 0.3) is 0 Å². The molecule has 1 fully saturated rings. The molecule has 96 valence electrons. The van der Waals surface area contributed by atoms with Crippen molar-refractivity contribution in [2.45, 2.75) is 52.2 Å². The monoisotopic (exact) mass is 236 g/mol. The van der Waals surface area contributed by atoms with Crippen LogP contribution in [-0.2, 0) is 6.54 Å². The van der Waals surface area contributed by atoms with Gasteiger partial charge in [-0.2, -0.15) is 0 Å². The molecule has 1 saturated carbocycles. The zero-order valence-electron chi connectivity index (χ0n) is 11.4. The quantitative estimate of drug-likeness (QED) is 0.821. The Morgan fingerprint density at radius 1 is 1.53 bits per heavy atom. The maximum Gasteiger partial charge on any atom is 0.203 e. The summed E-state index contributed by atoms with van der Waals surface area (Å²) < 4.78 is 2.23. The second kappa shape index (κ2) is 5.08. The fourth-order valence-corrected chi connectivity index (χ4v) is 2.05. The summed E-state index contributed by atoms with van der Waals surface area (Å²) in [5.41, 5.74) is 1.09. The van der Waals surface area contributed by atoms with E-state index in [9.17, 15) is 0 Å². The number of nitrogens with zero attached hydrogens (tertiary/aromatic N) is 3. The highest BCUT2D eigenvalue weighted by Gasteiger charge is 2.25. The molecule has 1 aromatic rings. The molecule has 4 nitrogen and oxygen atoms in total. The maximum atomic E-state index is 4.52. The van der Waals surface area contributed by atoms with Gasteiger partial charge in [-0.3, -0.25) is 0 Å². The molecule has 1 aliphatic rings. The summed E-state index contributed by atoms with van der Waals surface area (Å²) >= 11 is 0. The molecule has 0 unspecified atom stereocenters. The highest BCUT2D eigenvalue weighted by Crippen LogP contribution is 2.25. The van der Waals surface area contributed by atoms with E-state index >= 15 is 0 Å². The Balaban J connectivity index is 1.93. The number of hydrogen-bond acceptors (Lipinski definition) is 3. The van der Waals surface area contributed by atoms with E-state index in [2.05, 4.69) is 46.9 Å². The first-order chi connectivity index (χ1) is 8.06. The summed E-state index contributed by atoms with van der Waals surface area (Å²) in [6, 6.07) is 1.26. The van der Waals surface area contributed by atoms with Crippen molar-refractivity contribution in [3.63, 3.8) is 0 Å². The summed E-state index contributed by atoms with van der Waals surface area (Å²) in [6.07, 6.45) is 4.87. The van der Waals surface area contributed by atoms with Crippen LogP contribution in [0.15, 0.2) is 6.20 Å². The van der Waals surface area contributed by atoms with Gasteiger partial charge in [0.15, 0.2) is 0 Å². The van der Waals surface area contributed by atoms with Gasteiger partial charge in [0.2, 0.25) is 5.95 Å². The van der Waals surface area contributed by atoms with Gasteiger partial charge >= 0.3 is 0 Å². The molecular weight excluding hydrogens is 212 g/mol. The summed E-state index contributed by atoms with van der Waals surface area (Å²) in [6.45, 7) is 8.46. The SMILES string of the molecule is Cc1cn(CCN(C)C2CC2)c(NC(C)C)n1. The smallest absolute Gasteiger partial charge is 0.203 e. The summed E-state index contributed by atoms with van der Waals surface area (Å²) in [4.78, 5) is 6.98. The van der Waals surface area contributed by atoms with E-state index in [1.54, 1.807) is 0 Å². The third-order valence-corrected chi connectivity index (χ3v) is 3.18. The normalized spacial score (nSPS) is 15.9. The minimum absolute atomic E-state index is 0.428. The Hall–Kier alpha value is -1.03. The number of anilines is 1. The second-order valence-corrected chi connectivity index (χ2v) is 5.41. The Bertz CT molecular complexity index is 365. The van der Waals surface area contributed by atoms with Gasteiger partial charge in [0.1, 0.15) is 0 Å². The Morgan fingerprint density at radius 3 is 2.82 bits per heavy atom. The lowest BCUT2D eigenvalue weighted by atomic mass is 10.4. The van der Waals surface area contributed by atoms with Crippen molar-refractivity contribution in [1.29, 1.82) is 0 Å². The third-order valence-electron chi connectivity index (χ3n) is 3.18. The van der Waals surface area contributed by atoms with Gasteiger partial charge in [-0.15, -0.1) is 0 Å². The van der Waals surface area contributed by atoms with Crippen molar-refractivity contribution < 1.29 is 0 Å². The average molecular weight is 236 g/mol. The van der Waals surface area contributed by atoms with Crippen molar-refractivity contribution in [3.8, 4) is 0 Å². The van der Waals surface area contributed by atoms with Gasteiger partial charge in [0.25, 0.3) is 0 Å². The van der Waals surface area contributed by atoms with Gasteiger partial charge in [-0.25, -0.2) is 4.98 Å². The number of likely N-dealkylation sites (N-methyl/N-ethyl adjacent to an activating group) is 1. The second-order valence-electron chi connectivity index (χ2n) is 5.41. The van der Waals surface area contributed by atoms with Crippen LogP contribution in [0, 0.1) is 6.92 Å². The van der Waals surface area contributed by atoms with Crippen LogP contribution in [0.2, 0.25) is 0 Å². The average Bonchev–Trinajstić information content (AvgIpc) is 3.01. The Morgan fingerprint density at radius 2 is 2.24 bits per heavy atom. The zero-order valence-corrected chi connectivity index (χ0v) is 11.4. The number of nitrogens with one attached hydrogen (secondary N) is 1. The zero-order chi connectivity index (χ0) is 12.4. The lowest BCUT2D eigenvalue weighted by Gasteiger charge is -2.17. The van der Waals surface area contributed by atoms with Crippen LogP contribution in [0.1, 0.15) is 32.4 Å². The minimum Gasteiger partial charge on any atom is -0.353 e. The van der Waals surface area contributed by atoms with E-state index in [1.807, 2.05) is 6.92 Å². The van der Waals surface area contributed by atoms with Gasteiger partial charge in [0, 0.05) is 31.4 Å². The highest BCUT2D eigenvalue weighted by molar-refractivity contribution is 5.29.